The molecule has 7 nitrogen and oxygen atoms in total. The molecule has 0 saturated carbocycles. The Labute approximate surface area is 172 Å². The van der Waals surface area contributed by atoms with Crippen LogP contribution in [0.15, 0.2) is 29.2 Å². The number of nitrogens with zero attached hydrogens (tertiary/aromatic N) is 1. The number of rotatable bonds is 8. The largest absolute Gasteiger partial charge is 0.348 e. The Hall–Kier alpha value is -2.00. The first-order chi connectivity index (χ1) is 13.7. The van der Waals surface area contributed by atoms with Crippen molar-refractivity contribution >= 4 is 21.8 Å². The van der Waals surface area contributed by atoms with E-state index in [4.69, 9.17) is 0 Å². The van der Waals surface area contributed by atoms with Crippen LogP contribution in [0.5, 0.6) is 0 Å². The highest BCUT2D eigenvalue weighted by molar-refractivity contribution is 7.89. The molecular weight excluding hydrogens is 397 g/mol. The van der Waals surface area contributed by atoms with Crippen molar-refractivity contribution in [2.75, 3.05) is 19.6 Å². The van der Waals surface area contributed by atoms with Crippen LogP contribution in [0.4, 0.5) is 4.39 Å². The molecule has 1 heterocycles. The average Bonchev–Trinajstić information content (AvgIpc) is 2.68. The Kier molecular flexibility index (Phi) is 8.58. The molecule has 9 heteroatoms. The van der Waals surface area contributed by atoms with Gasteiger partial charge in [0.05, 0.1) is 4.90 Å². The molecule has 1 atom stereocenters. The van der Waals surface area contributed by atoms with Gasteiger partial charge in [-0.25, -0.2) is 12.8 Å². The quantitative estimate of drug-likeness (QED) is 0.621. The van der Waals surface area contributed by atoms with Gasteiger partial charge in [-0.15, -0.1) is 0 Å². The lowest BCUT2D eigenvalue weighted by Gasteiger charge is -2.34. The molecule has 29 heavy (non-hydrogen) atoms. The molecule has 1 aliphatic rings. The van der Waals surface area contributed by atoms with Crippen molar-refractivity contribution in [2.45, 2.75) is 56.9 Å². The second kappa shape index (κ2) is 10.7. The number of sulfonamides is 1. The van der Waals surface area contributed by atoms with E-state index in [0.717, 1.165) is 31.4 Å². The molecule has 0 aliphatic carbocycles. The minimum absolute atomic E-state index is 0.0550. The maximum Gasteiger partial charge on any atom is 0.309 e. The minimum Gasteiger partial charge on any atom is -0.348 e. The minimum atomic E-state index is -3.74. The van der Waals surface area contributed by atoms with E-state index >= 15 is 0 Å². The van der Waals surface area contributed by atoms with E-state index in [1.807, 2.05) is 13.8 Å². The molecule has 0 spiro atoms. The zero-order chi connectivity index (χ0) is 21.4. The third kappa shape index (κ3) is 6.78. The fraction of sp³-hybridized carbons (Fsp3) is 0.600. The number of piperidine rings is 1. The van der Waals surface area contributed by atoms with Gasteiger partial charge in [0, 0.05) is 25.7 Å². The lowest BCUT2D eigenvalue weighted by molar-refractivity contribution is -0.139. The summed E-state index contributed by atoms with van der Waals surface area (Å²) in [5, 5.41) is 5.14. The van der Waals surface area contributed by atoms with Gasteiger partial charge in [0.25, 0.3) is 0 Å². The van der Waals surface area contributed by atoms with Crippen molar-refractivity contribution < 1.29 is 22.4 Å². The first kappa shape index (κ1) is 23.3. The number of halogens is 1. The molecule has 0 radical (unpaired) electrons. The Balaban J connectivity index is 1.90. The van der Waals surface area contributed by atoms with Gasteiger partial charge in [-0.3, -0.25) is 9.59 Å². The molecule has 1 aromatic carbocycles. The standard InChI is InChI=1S/C20H30FN3O4S/c1-15(2)10-12-22-19(25)20(26)23-13-11-17-5-3-4-14-24(17)29(27,28)18-8-6-16(21)7-9-18/h6-9,15,17H,3-5,10-14H2,1-2H3,(H,22,25)(H,23,26)/t17-/m0/s1. The molecule has 1 fully saturated rings. The smallest absolute Gasteiger partial charge is 0.309 e. The molecule has 1 saturated heterocycles. The van der Waals surface area contributed by atoms with E-state index in [9.17, 15) is 22.4 Å². The maximum atomic E-state index is 13.1. The normalized spacial score (nSPS) is 17.9. The van der Waals surface area contributed by atoms with Crippen LogP contribution in [0, 0.1) is 11.7 Å². The van der Waals surface area contributed by atoms with Crippen LogP contribution in [0.25, 0.3) is 0 Å². The summed E-state index contributed by atoms with van der Waals surface area (Å²) >= 11 is 0. The number of amides is 2. The monoisotopic (exact) mass is 427 g/mol. The predicted octanol–water partition coefficient (Wildman–Crippen LogP) is 2.04. The number of hydrogen-bond donors (Lipinski definition) is 2. The lowest BCUT2D eigenvalue weighted by atomic mass is 10.0. The highest BCUT2D eigenvalue weighted by Crippen LogP contribution is 2.27. The van der Waals surface area contributed by atoms with Crippen molar-refractivity contribution in [1.82, 2.24) is 14.9 Å². The molecule has 0 bridgehead atoms. The molecule has 162 valence electrons. The van der Waals surface area contributed by atoms with E-state index in [-0.39, 0.29) is 17.5 Å². The van der Waals surface area contributed by atoms with Gasteiger partial charge >= 0.3 is 11.8 Å². The second-order valence-electron chi connectivity index (χ2n) is 7.70. The summed E-state index contributed by atoms with van der Waals surface area (Å²) in [5.41, 5.74) is 0. The van der Waals surface area contributed by atoms with Gasteiger partial charge in [-0.2, -0.15) is 4.31 Å². The summed E-state index contributed by atoms with van der Waals surface area (Å²) in [6, 6.07) is 4.51. The van der Waals surface area contributed by atoms with Gasteiger partial charge in [-0.1, -0.05) is 20.3 Å². The van der Waals surface area contributed by atoms with E-state index in [0.29, 0.717) is 31.8 Å². The first-order valence-corrected chi connectivity index (χ1v) is 11.5. The van der Waals surface area contributed by atoms with Gasteiger partial charge < -0.3 is 10.6 Å². The van der Waals surface area contributed by atoms with Gasteiger partial charge in [0.1, 0.15) is 5.82 Å². The number of hydrogen-bond acceptors (Lipinski definition) is 4. The Morgan fingerprint density at radius 3 is 2.34 bits per heavy atom. The van der Waals surface area contributed by atoms with Gasteiger partial charge in [0.2, 0.25) is 10.0 Å². The third-order valence-corrected chi connectivity index (χ3v) is 6.94. The first-order valence-electron chi connectivity index (χ1n) is 10.0. The summed E-state index contributed by atoms with van der Waals surface area (Å²) in [7, 11) is -3.74. The van der Waals surface area contributed by atoms with Crippen LogP contribution in [0.3, 0.4) is 0 Å². The van der Waals surface area contributed by atoms with Crippen LogP contribution < -0.4 is 10.6 Å². The molecule has 2 N–H and O–H groups in total. The van der Waals surface area contributed by atoms with Crippen molar-refractivity contribution in [3.8, 4) is 0 Å². The Morgan fingerprint density at radius 2 is 1.72 bits per heavy atom. The Bertz CT molecular complexity index is 796. The summed E-state index contributed by atoms with van der Waals surface area (Å²) in [5.74, 6) is -1.45. The third-order valence-electron chi connectivity index (χ3n) is 4.97. The average molecular weight is 428 g/mol. The van der Waals surface area contributed by atoms with Crippen LogP contribution in [0.1, 0.15) is 46.0 Å². The van der Waals surface area contributed by atoms with Gasteiger partial charge in [0.15, 0.2) is 0 Å². The highest BCUT2D eigenvalue weighted by atomic mass is 32.2. The van der Waals surface area contributed by atoms with Gasteiger partial charge in [-0.05, 0) is 55.9 Å². The predicted molar refractivity (Wildman–Crippen MR) is 108 cm³/mol. The van der Waals surface area contributed by atoms with E-state index in [1.54, 1.807) is 0 Å². The van der Waals surface area contributed by atoms with Crippen LogP contribution >= 0.6 is 0 Å². The fourth-order valence-electron chi connectivity index (χ4n) is 3.31. The lowest BCUT2D eigenvalue weighted by Crippen LogP contribution is -2.46. The highest BCUT2D eigenvalue weighted by Gasteiger charge is 2.33. The van der Waals surface area contributed by atoms with Crippen LogP contribution in [0.2, 0.25) is 0 Å². The van der Waals surface area contributed by atoms with Crippen LogP contribution in [-0.2, 0) is 19.6 Å². The van der Waals surface area contributed by atoms with E-state index in [1.165, 1.54) is 16.4 Å². The molecular formula is C20H30FN3O4S. The van der Waals surface area contributed by atoms with Crippen molar-refractivity contribution in [3.63, 3.8) is 0 Å². The number of carbonyl (C=O) groups excluding carboxylic acids is 2. The van der Waals surface area contributed by atoms with E-state index < -0.39 is 27.7 Å². The zero-order valence-electron chi connectivity index (χ0n) is 17.0. The summed E-state index contributed by atoms with van der Waals surface area (Å²) in [6.45, 7) is 5.09. The van der Waals surface area contributed by atoms with Crippen molar-refractivity contribution in [1.29, 1.82) is 0 Å². The molecule has 1 aliphatic heterocycles. The fourth-order valence-corrected chi connectivity index (χ4v) is 5.03. The summed E-state index contributed by atoms with van der Waals surface area (Å²) < 4.78 is 40.4. The summed E-state index contributed by atoms with van der Waals surface area (Å²) in [4.78, 5) is 23.7. The maximum absolute atomic E-state index is 13.1. The zero-order valence-corrected chi connectivity index (χ0v) is 17.8. The molecule has 0 aromatic heterocycles. The number of nitrogens with one attached hydrogen (secondary N) is 2. The van der Waals surface area contributed by atoms with Crippen molar-refractivity contribution in [3.05, 3.63) is 30.1 Å². The van der Waals surface area contributed by atoms with E-state index in [2.05, 4.69) is 10.6 Å². The molecule has 2 amide bonds. The topological polar surface area (TPSA) is 95.6 Å². The number of benzene rings is 1. The van der Waals surface area contributed by atoms with Crippen molar-refractivity contribution in [2.24, 2.45) is 5.92 Å². The van der Waals surface area contributed by atoms with Crippen LogP contribution in [-0.4, -0.2) is 50.2 Å². The number of carbonyl (C=O) groups is 2. The second-order valence-corrected chi connectivity index (χ2v) is 9.59. The molecule has 1 aromatic rings. The Morgan fingerprint density at radius 1 is 1.10 bits per heavy atom. The summed E-state index contributed by atoms with van der Waals surface area (Å²) in [6.07, 6.45) is 3.52. The molecule has 2 rings (SSSR count). The SMILES string of the molecule is CC(C)CCNC(=O)C(=O)NCC[C@@H]1CCCCN1S(=O)(=O)c1ccc(F)cc1. The molecule has 0 unspecified atom stereocenters.